The molecule has 0 unspecified atom stereocenters. The number of carbonyl (C=O) groups excluding carboxylic acids is 2. The maximum atomic E-state index is 13.0. The fraction of sp³-hybridized carbons (Fsp3) is 0.167. The second-order valence-corrected chi connectivity index (χ2v) is 10.1. The van der Waals surface area contributed by atoms with Crippen LogP contribution in [0.4, 0.5) is 17.1 Å². The minimum absolute atomic E-state index is 0.153. The minimum Gasteiger partial charge on any atom is -0.496 e. The highest BCUT2D eigenvalue weighted by atomic mass is 35.5. The lowest BCUT2D eigenvalue weighted by Crippen LogP contribution is -2.22. The normalized spacial score (nSPS) is 10.9. The first-order chi connectivity index (χ1) is 18.4. The molecule has 0 fully saturated rings. The van der Waals surface area contributed by atoms with Gasteiger partial charge >= 0.3 is 5.97 Å². The summed E-state index contributed by atoms with van der Waals surface area (Å²) >= 11 is 12.2. The minimum atomic E-state index is -4.28. The number of benzene rings is 3. The summed E-state index contributed by atoms with van der Waals surface area (Å²) in [6, 6.07) is 11.8. The van der Waals surface area contributed by atoms with Gasteiger partial charge in [-0.3, -0.25) is 19.6 Å². The van der Waals surface area contributed by atoms with E-state index in [1.54, 1.807) is 19.1 Å². The van der Waals surface area contributed by atoms with Gasteiger partial charge in [0.05, 0.1) is 40.3 Å². The van der Waals surface area contributed by atoms with Crippen LogP contribution in [0.15, 0.2) is 59.5 Å². The van der Waals surface area contributed by atoms with Gasteiger partial charge in [0.1, 0.15) is 22.1 Å². The molecule has 3 rings (SSSR count). The quantitative estimate of drug-likeness (QED) is 0.177. The Bertz CT molecular complexity index is 1510. The number of sulfonamides is 1. The number of nitrogens with one attached hydrogen (secondary N) is 2. The largest absolute Gasteiger partial charge is 0.496 e. The van der Waals surface area contributed by atoms with Crippen LogP contribution in [0.2, 0.25) is 10.0 Å². The Kier molecular flexibility index (Phi) is 9.56. The number of rotatable bonds is 11. The predicted octanol–water partition coefficient (Wildman–Crippen LogP) is 4.91. The summed E-state index contributed by atoms with van der Waals surface area (Å²) < 4.78 is 43.5. The molecule has 3 aromatic rings. The number of halogens is 2. The summed E-state index contributed by atoms with van der Waals surface area (Å²) in [7, 11) is -2.95. The van der Waals surface area contributed by atoms with Gasteiger partial charge in [0.2, 0.25) is 0 Å². The van der Waals surface area contributed by atoms with Gasteiger partial charge in [-0.25, -0.2) is 13.2 Å². The monoisotopic (exact) mass is 597 g/mol. The fourth-order valence-corrected chi connectivity index (χ4v) is 5.09. The average molecular weight is 598 g/mol. The van der Waals surface area contributed by atoms with Crippen molar-refractivity contribution in [3.8, 4) is 11.5 Å². The number of amides is 1. The third-order valence-corrected chi connectivity index (χ3v) is 7.12. The highest BCUT2D eigenvalue weighted by molar-refractivity contribution is 7.92. The molecule has 0 aromatic heterocycles. The Morgan fingerprint density at radius 3 is 2.28 bits per heavy atom. The lowest BCUT2D eigenvalue weighted by Gasteiger charge is -2.13. The Hall–Kier alpha value is -4.07. The van der Waals surface area contributed by atoms with E-state index in [4.69, 9.17) is 37.4 Å². The summed E-state index contributed by atoms with van der Waals surface area (Å²) in [4.78, 5) is 35.0. The number of carbonyl (C=O) groups is 2. The van der Waals surface area contributed by atoms with E-state index in [2.05, 4.69) is 10.0 Å². The van der Waals surface area contributed by atoms with E-state index in [-0.39, 0.29) is 32.7 Å². The van der Waals surface area contributed by atoms with Gasteiger partial charge in [0, 0.05) is 5.69 Å². The van der Waals surface area contributed by atoms with Crippen LogP contribution in [0.1, 0.15) is 17.3 Å². The van der Waals surface area contributed by atoms with E-state index >= 15 is 0 Å². The molecule has 0 saturated carbocycles. The standard InChI is InChI=1S/C24H21Cl2N3O9S/c1-3-37-15-6-4-14(5-7-15)28-39(34,35)22-11-17(18(25)12-19(22)26)24(31)38-13-23(30)27-20-9-8-16(36-2)10-21(20)29(32)33/h4-12,28H,3,13H2,1-2H3,(H,27,30). The molecule has 12 nitrogen and oxygen atoms in total. The van der Waals surface area contributed by atoms with Gasteiger partial charge in [-0.15, -0.1) is 0 Å². The molecule has 0 saturated heterocycles. The number of methoxy groups -OCH3 is 1. The van der Waals surface area contributed by atoms with Gasteiger partial charge in [-0.05, 0) is 55.5 Å². The van der Waals surface area contributed by atoms with Crippen LogP contribution in [0, 0.1) is 10.1 Å². The molecule has 0 aliphatic carbocycles. The summed E-state index contributed by atoms with van der Waals surface area (Å²) in [6.07, 6.45) is 0. The van der Waals surface area contributed by atoms with Crippen molar-refractivity contribution in [3.63, 3.8) is 0 Å². The molecule has 0 atom stereocenters. The number of nitro groups is 1. The molecule has 2 N–H and O–H groups in total. The van der Waals surface area contributed by atoms with Crippen LogP contribution >= 0.6 is 23.2 Å². The third kappa shape index (κ3) is 7.50. The second-order valence-electron chi connectivity index (χ2n) is 7.59. The number of hydrogen-bond acceptors (Lipinski definition) is 9. The number of nitro benzene ring substituents is 1. The van der Waals surface area contributed by atoms with Crippen molar-refractivity contribution in [2.45, 2.75) is 11.8 Å². The van der Waals surface area contributed by atoms with E-state index in [0.29, 0.717) is 12.4 Å². The molecule has 15 heteroatoms. The zero-order valence-electron chi connectivity index (χ0n) is 20.4. The first-order valence-corrected chi connectivity index (χ1v) is 13.2. The molecule has 39 heavy (non-hydrogen) atoms. The van der Waals surface area contributed by atoms with E-state index in [9.17, 15) is 28.1 Å². The summed E-state index contributed by atoms with van der Waals surface area (Å²) in [5, 5.41) is 13.1. The van der Waals surface area contributed by atoms with Gasteiger partial charge < -0.3 is 19.5 Å². The van der Waals surface area contributed by atoms with Crippen LogP contribution in [0.5, 0.6) is 11.5 Å². The van der Waals surface area contributed by atoms with Gasteiger partial charge in [-0.1, -0.05) is 23.2 Å². The van der Waals surface area contributed by atoms with Crippen molar-refractivity contribution in [3.05, 3.63) is 80.3 Å². The zero-order valence-corrected chi connectivity index (χ0v) is 22.7. The molecule has 0 bridgehead atoms. The topological polar surface area (TPSA) is 163 Å². The van der Waals surface area contributed by atoms with E-state index < -0.39 is 44.0 Å². The Balaban J connectivity index is 1.74. The van der Waals surface area contributed by atoms with E-state index in [1.165, 1.54) is 31.4 Å². The SMILES string of the molecule is CCOc1ccc(NS(=O)(=O)c2cc(C(=O)OCC(=O)Nc3ccc(OC)cc3[N+](=O)[O-])c(Cl)cc2Cl)cc1. The summed E-state index contributed by atoms with van der Waals surface area (Å²) in [5.41, 5.74) is -0.765. The average Bonchev–Trinajstić information content (AvgIpc) is 2.88. The molecule has 0 heterocycles. The molecule has 0 spiro atoms. The van der Waals surface area contributed by atoms with Gasteiger partial charge in [0.25, 0.3) is 21.6 Å². The van der Waals surface area contributed by atoms with Gasteiger partial charge in [-0.2, -0.15) is 0 Å². The lowest BCUT2D eigenvalue weighted by atomic mass is 10.2. The van der Waals surface area contributed by atoms with Crippen molar-refractivity contribution in [2.24, 2.45) is 0 Å². The number of nitrogens with zero attached hydrogens (tertiary/aromatic N) is 1. The second kappa shape index (κ2) is 12.7. The molecule has 0 aliphatic rings. The smallest absolute Gasteiger partial charge is 0.340 e. The van der Waals surface area contributed by atoms with Crippen LogP contribution in [0.3, 0.4) is 0 Å². The van der Waals surface area contributed by atoms with Crippen LogP contribution in [-0.4, -0.2) is 45.5 Å². The maximum Gasteiger partial charge on any atom is 0.340 e. The molecule has 0 radical (unpaired) electrons. The van der Waals surface area contributed by atoms with Crippen molar-refractivity contribution >= 4 is 62.2 Å². The fourth-order valence-electron chi connectivity index (χ4n) is 3.18. The van der Waals surface area contributed by atoms with Crippen molar-refractivity contribution < 1.29 is 37.1 Å². The summed E-state index contributed by atoms with van der Waals surface area (Å²) in [6.45, 7) is 1.39. The van der Waals surface area contributed by atoms with Crippen LogP contribution in [0.25, 0.3) is 0 Å². The number of hydrogen-bond donors (Lipinski definition) is 2. The molecule has 206 valence electrons. The number of esters is 1. The van der Waals surface area contributed by atoms with E-state index in [0.717, 1.165) is 18.2 Å². The van der Waals surface area contributed by atoms with Crippen molar-refractivity contribution in [2.75, 3.05) is 30.4 Å². The van der Waals surface area contributed by atoms with Gasteiger partial charge in [0.15, 0.2) is 6.61 Å². The molecular formula is C24H21Cl2N3O9S. The van der Waals surface area contributed by atoms with Crippen molar-refractivity contribution in [1.29, 1.82) is 0 Å². The highest BCUT2D eigenvalue weighted by Gasteiger charge is 2.25. The molecular weight excluding hydrogens is 577 g/mol. The zero-order chi connectivity index (χ0) is 28.7. The van der Waals surface area contributed by atoms with Crippen LogP contribution < -0.4 is 19.5 Å². The molecule has 1 amide bonds. The number of ether oxygens (including phenoxy) is 3. The molecule has 3 aromatic carbocycles. The highest BCUT2D eigenvalue weighted by Crippen LogP contribution is 2.31. The Morgan fingerprint density at radius 2 is 1.67 bits per heavy atom. The Labute approximate surface area is 233 Å². The first-order valence-electron chi connectivity index (χ1n) is 11.0. The summed E-state index contributed by atoms with van der Waals surface area (Å²) in [5.74, 6) is -1.29. The van der Waals surface area contributed by atoms with E-state index in [1.807, 2.05) is 0 Å². The van der Waals surface area contributed by atoms with Crippen molar-refractivity contribution in [1.82, 2.24) is 0 Å². The van der Waals surface area contributed by atoms with Crippen LogP contribution in [-0.2, 0) is 19.6 Å². The maximum absolute atomic E-state index is 13.0. The predicted molar refractivity (Wildman–Crippen MR) is 143 cm³/mol. The lowest BCUT2D eigenvalue weighted by molar-refractivity contribution is -0.384. The number of anilines is 2. The Morgan fingerprint density at radius 1 is 1.00 bits per heavy atom. The first kappa shape index (κ1) is 29.5. The molecule has 0 aliphatic heterocycles. The third-order valence-electron chi connectivity index (χ3n) is 4.96.